The first-order chi connectivity index (χ1) is 7.70. The van der Waals surface area contributed by atoms with Crippen LogP contribution in [0.3, 0.4) is 0 Å². The van der Waals surface area contributed by atoms with E-state index in [0.717, 1.165) is 23.2 Å². The average Bonchev–Trinajstić information content (AvgIpc) is 2.64. The molecule has 0 saturated carbocycles. The van der Waals surface area contributed by atoms with Gasteiger partial charge in [-0.3, -0.25) is 0 Å². The van der Waals surface area contributed by atoms with Gasteiger partial charge in [0, 0.05) is 6.92 Å². The Hall–Kier alpha value is -1.39. The lowest BCUT2D eigenvalue weighted by molar-refractivity contribution is 0.168. The zero-order valence-electron chi connectivity index (χ0n) is 9.53. The van der Waals surface area contributed by atoms with Crippen molar-refractivity contribution in [1.29, 1.82) is 0 Å². The molecule has 2 N–H and O–H groups in total. The second-order valence-corrected chi connectivity index (χ2v) is 3.87. The van der Waals surface area contributed by atoms with Gasteiger partial charge in [-0.15, -0.1) is 0 Å². The molecule has 2 aromatic rings. The standard InChI is InChI=1S/C12H16N2O2/c1-8-14-10-4-3-9(7-12(10)16-8)11(15)5-6-13-2/h3-4,7,11,13,15H,5-6H2,1-2H3. The Morgan fingerprint density at radius 1 is 1.50 bits per heavy atom. The van der Waals surface area contributed by atoms with Crippen molar-refractivity contribution >= 4 is 11.1 Å². The number of hydrogen-bond acceptors (Lipinski definition) is 4. The molecule has 4 heteroatoms. The summed E-state index contributed by atoms with van der Waals surface area (Å²) in [5.41, 5.74) is 2.44. The van der Waals surface area contributed by atoms with E-state index >= 15 is 0 Å². The van der Waals surface area contributed by atoms with Crippen LogP contribution in [0.1, 0.15) is 24.0 Å². The van der Waals surface area contributed by atoms with E-state index in [4.69, 9.17) is 4.42 Å². The van der Waals surface area contributed by atoms with Crippen molar-refractivity contribution in [3.63, 3.8) is 0 Å². The fourth-order valence-corrected chi connectivity index (χ4v) is 1.71. The number of hydrogen-bond donors (Lipinski definition) is 2. The molecule has 0 radical (unpaired) electrons. The summed E-state index contributed by atoms with van der Waals surface area (Å²) >= 11 is 0. The quantitative estimate of drug-likeness (QED) is 0.824. The predicted octanol–water partition coefficient (Wildman–Crippen LogP) is 1.78. The van der Waals surface area contributed by atoms with E-state index in [2.05, 4.69) is 10.3 Å². The third-order valence-electron chi connectivity index (χ3n) is 2.57. The van der Waals surface area contributed by atoms with Crippen LogP contribution in [0.2, 0.25) is 0 Å². The van der Waals surface area contributed by atoms with Crippen molar-refractivity contribution in [3.8, 4) is 0 Å². The molecule has 16 heavy (non-hydrogen) atoms. The van der Waals surface area contributed by atoms with Crippen LogP contribution in [0.15, 0.2) is 22.6 Å². The van der Waals surface area contributed by atoms with E-state index in [-0.39, 0.29) is 0 Å². The predicted molar refractivity (Wildman–Crippen MR) is 62.2 cm³/mol. The second kappa shape index (κ2) is 4.63. The Labute approximate surface area is 94.3 Å². The molecule has 0 saturated heterocycles. The Morgan fingerprint density at radius 3 is 3.06 bits per heavy atom. The van der Waals surface area contributed by atoms with E-state index in [9.17, 15) is 5.11 Å². The van der Waals surface area contributed by atoms with Crippen LogP contribution in [0, 0.1) is 6.92 Å². The SMILES string of the molecule is CNCCC(O)c1ccc2nc(C)oc2c1. The summed E-state index contributed by atoms with van der Waals surface area (Å²) in [6, 6.07) is 5.63. The molecule has 0 spiro atoms. The monoisotopic (exact) mass is 220 g/mol. The highest BCUT2D eigenvalue weighted by Gasteiger charge is 2.09. The van der Waals surface area contributed by atoms with Gasteiger partial charge in [-0.2, -0.15) is 0 Å². The highest BCUT2D eigenvalue weighted by Crippen LogP contribution is 2.22. The Morgan fingerprint density at radius 2 is 2.31 bits per heavy atom. The van der Waals surface area contributed by atoms with Gasteiger partial charge < -0.3 is 14.8 Å². The number of aliphatic hydroxyl groups excluding tert-OH is 1. The maximum Gasteiger partial charge on any atom is 0.192 e. The van der Waals surface area contributed by atoms with E-state index in [1.165, 1.54) is 0 Å². The number of nitrogens with zero attached hydrogens (tertiary/aromatic N) is 1. The number of aromatic nitrogens is 1. The molecule has 0 aliphatic rings. The smallest absolute Gasteiger partial charge is 0.192 e. The zero-order chi connectivity index (χ0) is 11.5. The average molecular weight is 220 g/mol. The van der Waals surface area contributed by atoms with Gasteiger partial charge in [0.15, 0.2) is 11.5 Å². The molecule has 2 rings (SSSR count). The van der Waals surface area contributed by atoms with Gasteiger partial charge in [0.2, 0.25) is 0 Å². The van der Waals surface area contributed by atoms with E-state index in [1.54, 1.807) is 0 Å². The van der Waals surface area contributed by atoms with Crippen LogP contribution >= 0.6 is 0 Å². The number of nitrogens with one attached hydrogen (secondary N) is 1. The highest BCUT2D eigenvalue weighted by atomic mass is 16.3. The fourth-order valence-electron chi connectivity index (χ4n) is 1.71. The number of rotatable bonds is 4. The summed E-state index contributed by atoms with van der Waals surface area (Å²) in [7, 11) is 1.87. The molecule has 1 aromatic carbocycles. The van der Waals surface area contributed by atoms with Crippen molar-refractivity contribution in [3.05, 3.63) is 29.7 Å². The molecule has 86 valence electrons. The van der Waals surface area contributed by atoms with Gasteiger partial charge in [0.1, 0.15) is 5.52 Å². The topological polar surface area (TPSA) is 58.3 Å². The fraction of sp³-hybridized carbons (Fsp3) is 0.417. The largest absolute Gasteiger partial charge is 0.441 e. The lowest BCUT2D eigenvalue weighted by Gasteiger charge is -2.09. The van der Waals surface area contributed by atoms with Crippen LogP contribution in [0.25, 0.3) is 11.1 Å². The zero-order valence-corrected chi connectivity index (χ0v) is 9.53. The van der Waals surface area contributed by atoms with Gasteiger partial charge in [-0.1, -0.05) is 6.07 Å². The summed E-state index contributed by atoms with van der Waals surface area (Å²) in [6.07, 6.45) is 0.233. The normalized spacial score (nSPS) is 13.2. The summed E-state index contributed by atoms with van der Waals surface area (Å²) in [5, 5.41) is 12.9. The van der Waals surface area contributed by atoms with E-state index < -0.39 is 6.10 Å². The minimum atomic E-state index is -0.456. The summed E-state index contributed by atoms with van der Waals surface area (Å²) in [5.74, 6) is 0.650. The van der Waals surface area contributed by atoms with Crippen LogP contribution in [0.5, 0.6) is 0 Å². The minimum absolute atomic E-state index is 0.456. The lowest BCUT2D eigenvalue weighted by Crippen LogP contribution is -2.11. The summed E-state index contributed by atoms with van der Waals surface area (Å²) in [6.45, 7) is 2.60. The van der Waals surface area contributed by atoms with E-state index in [0.29, 0.717) is 12.3 Å². The van der Waals surface area contributed by atoms with Crippen molar-refractivity contribution in [2.24, 2.45) is 0 Å². The highest BCUT2D eigenvalue weighted by molar-refractivity contribution is 5.73. The molecule has 1 atom stereocenters. The molecule has 0 fully saturated rings. The third kappa shape index (κ3) is 2.23. The maximum absolute atomic E-state index is 9.92. The summed E-state index contributed by atoms with van der Waals surface area (Å²) < 4.78 is 5.43. The molecular weight excluding hydrogens is 204 g/mol. The first-order valence-electron chi connectivity index (χ1n) is 5.40. The van der Waals surface area contributed by atoms with E-state index in [1.807, 2.05) is 32.2 Å². The third-order valence-corrected chi connectivity index (χ3v) is 2.57. The minimum Gasteiger partial charge on any atom is -0.441 e. The first kappa shape index (κ1) is 11.1. The van der Waals surface area contributed by atoms with Gasteiger partial charge in [-0.05, 0) is 37.7 Å². The summed E-state index contributed by atoms with van der Waals surface area (Å²) in [4.78, 5) is 4.22. The van der Waals surface area contributed by atoms with Crippen molar-refractivity contribution in [2.75, 3.05) is 13.6 Å². The maximum atomic E-state index is 9.92. The van der Waals surface area contributed by atoms with Crippen molar-refractivity contribution in [2.45, 2.75) is 19.4 Å². The molecule has 1 aromatic heterocycles. The van der Waals surface area contributed by atoms with Crippen LogP contribution < -0.4 is 5.32 Å². The second-order valence-electron chi connectivity index (χ2n) is 3.87. The molecule has 4 nitrogen and oxygen atoms in total. The Kier molecular flexibility index (Phi) is 3.22. The Bertz CT molecular complexity index is 479. The lowest BCUT2D eigenvalue weighted by atomic mass is 10.1. The molecule has 0 aliphatic heterocycles. The number of aryl methyl sites for hydroxylation is 1. The molecule has 0 aliphatic carbocycles. The number of oxazole rings is 1. The number of benzene rings is 1. The molecule has 0 bridgehead atoms. The van der Waals surface area contributed by atoms with Gasteiger partial charge >= 0.3 is 0 Å². The van der Waals surface area contributed by atoms with Crippen LogP contribution in [-0.2, 0) is 0 Å². The van der Waals surface area contributed by atoms with Gasteiger partial charge in [0.05, 0.1) is 6.10 Å². The van der Waals surface area contributed by atoms with Crippen LogP contribution in [0.4, 0.5) is 0 Å². The van der Waals surface area contributed by atoms with Gasteiger partial charge in [0.25, 0.3) is 0 Å². The number of aliphatic hydroxyl groups is 1. The molecule has 0 amide bonds. The Balaban J connectivity index is 2.24. The first-order valence-corrected chi connectivity index (χ1v) is 5.40. The van der Waals surface area contributed by atoms with Crippen molar-refractivity contribution < 1.29 is 9.52 Å². The molecular formula is C12H16N2O2. The molecule has 1 heterocycles. The molecule has 1 unspecified atom stereocenters. The van der Waals surface area contributed by atoms with Crippen molar-refractivity contribution in [1.82, 2.24) is 10.3 Å². The van der Waals surface area contributed by atoms with Crippen LogP contribution in [-0.4, -0.2) is 23.7 Å². The number of fused-ring (bicyclic) bond motifs is 1. The van der Waals surface area contributed by atoms with Gasteiger partial charge in [-0.25, -0.2) is 4.98 Å².